The number of anilines is 5. The van der Waals surface area contributed by atoms with E-state index in [1.54, 1.807) is 18.2 Å². The SMILES string of the molecule is Cc1cccc(Nc2ncnc(Nc3ccc(Cl)cc3Cl)c2N)n1. The van der Waals surface area contributed by atoms with E-state index in [9.17, 15) is 0 Å². The third-order valence-electron chi connectivity index (χ3n) is 3.20. The van der Waals surface area contributed by atoms with Gasteiger partial charge in [-0.05, 0) is 37.3 Å². The van der Waals surface area contributed by atoms with Gasteiger partial charge in [-0.2, -0.15) is 0 Å². The monoisotopic (exact) mass is 360 g/mol. The Morgan fingerprint density at radius 2 is 1.75 bits per heavy atom. The normalized spacial score (nSPS) is 10.5. The van der Waals surface area contributed by atoms with Crippen molar-refractivity contribution in [3.05, 3.63) is 58.5 Å². The van der Waals surface area contributed by atoms with Crippen LogP contribution in [0.15, 0.2) is 42.7 Å². The Morgan fingerprint density at radius 3 is 2.46 bits per heavy atom. The Balaban J connectivity index is 1.88. The van der Waals surface area contributed by atoms with Crippen LogP contribution in [0.1, 0.15) is 5.69 Å². The van der Waals surface area contributed by atoms with Crippen molar-refractivity contribution in [2.75, 3.05) is 16.4 Å². The zero-order chi connectivity index (χ0) is 17.1. The molecule has 0 radical (unpaired) electrons. The maximum absolute atomic E-state index is 6.16. The van der Waals surface area contributed by atoms with Crippen LogP contribution in [-0.2, 0) is 0 Å². The summed E-state index contributed by atoms with van der Waals surface area (Å²) in [5, 5.41) is 7.18. The number of hydrogen-bond donors (Lipinski definition) is 3. The van der Waals surface area contributed by atoms with Crippen LogP contribution in [0.2, 0.25) is 10.0 Å². The van der Waals surface area contributed by atoms with Crippen molar-refractivity contribution < 1.29 is 0 Å². The van der Waals surface area contributed by atoms with Crippen molar-refractivity contribution in [2.24, 2.45) is 0 Å². The molecular weight excluding hydrogens is 347 g/mol. The lowest BCUT2D eigenvalue weighted by Gasteiger charge is -2.13. The molecular formula is C16H14Cl2N6. The lowest BCUT2D eigenvalue weighted by molar-refractivity contribution is 1.15. The average molecular weight is 361 g/mol. The average Bonchev–Trinajstić information content (AvgIpc) is 2.54. The first kappa shape index (κ1) is 16.3. The second kappa shape index (κ2) is 6.90. The van der Waals surface area contributed by atoms with Crippen LogP contribution in [0.5, 0.6) is 0 Å². The molecule has 0 saturated heterocycles. The Labute approximate surface area is 149 Å². The van der Waals surface area contributed by atoms with Gasteiger partial charge in [0.05, 0.1) is 10.7 Å². The number of nitrogens with one attached hydrogen (secondary N) is 2. The van der Waals surface area contributed by atoms with Gasteiger partial charge < -0.3 is 16.4 Å². The molecule has 122 valence electrons. The zero-order valence-electron chi connectivity index (χ0n) is 12.7. The predicted octanol–water partition coefficient (Wildman–Crippen LogP) is 4.56. The minimum atomic E-state index is 0.354. The highest BCUT2D eigenvalue weighted by Crippen LogP contribution is 2.31. The summed E-state index contributed by atoms with van der Waals surface area (Å²) < 4.78 is 0. The molecule has 0 bridgehead atoms. The fourth-order valence-corrected chi connectivity index (χ4v) is 2.50. The molecule has 0 aliphatic carbocycles. The van der Waals surface area contributed by atoms with Gasteiger partial charge in [-0.15, -0.1) is 0 Å². The quantitative estimate of drug-likeness (QED) is 0.632. The van der Waals surface area contributed by atoms with Crippen LogP contribution in [-0.4, -0.2) is 15.0 Å². The van der Waals surface area contributed by atoms with Crippen LogP contribution >= 0.6 is 23.2 Å². The molecule has 0 aliphatic heterocycles. The topological polar surface area (TPSA) is 88.8 Å². The molecule has 3 rings (SSSR count). The molecule has 3 aromatic rings. The van der Waals surface area contributed by atoms with Gasteiger partial charge >= 0.3 is 0 Å². The van der Waals surface area contributed by atoms with E-state index in [0.717, 1.165) is 5.69 Å². The first-order chi connectivity index (χ1) is 11.5. The van der Waals surface area contributed by atoms with Gasteiger partial charge in [0.15, 0.2) is 11.6 Å². The number of nitrogens with zero attached hydrogens (tertiary/aromatic N) is 3. The molecule has 1 aromatic carbocycles. The maximum Gasteiger partial charge on any atom is 0.160 e. The molecule has 2 heterocycles. The van der Waals surface area contributed by atoms with Crippen molar-refractivity contribution in [1.82, 2.24) is 15.0 Å². The summed E-state index contributed by atoms with van der Waals surface area (Å²) in [5.74, 6) is 1.54. The van der Waals surface area contributed by atoms with E-state index in [-0.39, 0.29) is 0 Å². The number of pyridine rings is 1. The lowest BCUT2D eigenvalue weighted by atomic mass is 10.3. The molecule has 0 unspecified atom stereocenters. The second-order valence-electron chi connectivity index (χ2n) is 5.02. The minimum absolute atomic E-state index is 0.354. The third kappa shape index (κ3) is 3.67. The fourth-order valence-electron chi connectivity index (χ4n) is 2.05. The van der Waals surface area contributed by atoms with Gasteiger partial charge in [0, 0.05) is 10.7 Å². The highest BCUT2D eigenvalue weighted by molar-refractivity contribution is 6.36. The summed E-state index contributed by atoms with van der Waals surface area (Å²) in [7, 11) is 0. The number of rotatable bonds is 4. The number of nitrogen functional groups attached to an aromatic ring is 1. The Kier molecular flexibility index (Phi) is 4.69. The highest BCUT2D eigenvalue weighted by Gasteiger charge is 2.11. The number of nitrogens with two attached hydrogens (primary N) is 1. The van der Waals surface area contributed by atoms with Crippen molar-refractivity contribution in [3.63, 3.8) is 0 Å². The van der Waals surface area contributed by atoms with E-state index >= 15 is 0 Å². The van der Waals surface area contributed by atoms with Crippen molar-refractivity contribution in [2.45, 2.75) is 6.92 Å². The Hall–Kier alpha value is -2.57. The first-order valence-electron chi connectivity index (χ1n) is 7.06. The molecule has 0 atom stereocenters. The number of halogens is 2. The fraction of sp³-hybridized carbons (Fsp3) is 0.0625. The Bertz CT molecular complexity index is 884. The largest absolute Gasteiger partial charge is 0.393 e. The van der Waals surface area contributed by atoms with E-state index in [2.05, 4.69) is 25.6 Å². The number of aryl methyl sites for hydroxylation is 1. The van der Waals surface area contributed by atoms with Crippen LogP contribution in [0.3, 0.4) is 0 Å². The number of benzene rings is 1. The van der Waals surface area contributed by atoms with Gasteiger partial charge in [-0.3, -0.25) is 0 Å². The molecule has 0 spiro atoms. The summed E-state index contributed by atoms with van der Waals surface area (Å²) in [4.78, 5) is 12.7. The van der Waals surface area contributed by atoms with E-state index in [4.69, 9.17) is 28.9 Å². The van der Waals surface area contributed by atoms with Crippen LogP contribution < -0.4 is 16.4 Å². The molecule has 24 heavy (non-hydrogen) atoms. The van der Waals surface area contributed by atoms with Gasteiger partial charge in [0.25, 0.3) is 0 Å². The number of hydrogen-bond acceptors (Lipinski definition) is 6. The number of aromatic nitrogens is 3. The molecule has 0 fully saturated rings. The van der Waals surface area contributed by atoms with E-state index in [1.165, 1.54) is 6.33 Å². The summed E-state index contributed by atoms with van der Waals surface area (Å²) in [6.45, 7) is 1.91. The third-order valence-corrected chi connectivity index (χ3v) is 3.75. The van der Waals surface area contributed by atoms with Crippen LogP contribution in [0, 0.1) is 6.92 Å². The van der Waals surface area contributed by atoms with E-state index < -0.39 is 0 Å². The smallest absolute Gasteiger partial charge is 0.160 e. The Morgan fingerprint density at radius 1 is 1.00 bits per heavy atom. The van der Waals surface area contributed by atoms with Gasteiger partial charge in [-0.1, -0.05) is 29.3 Å². The summed E-state index contributed by atoms with van der Waals surface area (Å²) in [5.41, 5.74) is 8.04. The van der Waals surface area contributed by atoms with Crippen molar-refractivity contribution in [3.8, 4) is 0 Å². The second-order valence-corrected chi connectivity index (χ2v) is 5.87. The van der Waals surface area contributed by atoms with Crippen molar-refractivity contribution >= 4 is 52.0 Å². The summed E-state index contributed by atoms with van der Waals surface area (Å²) in [6.07, 6.45) is 1.40. The van der Waals surface area contributed by atoms with Gasteiger partial charge in [0.1, 0.15) is 17.8 Å². The standard InChI is InChI=1S/C16H14Cl2N6/c1-9-3-2-4-13(22-9)24-16-14(19)15(20-8-21-16)23-12-6-5-10(17)7-11(12)18/h2-8H,19H2,1H3,(H2,20,21,22,23,24). The maximum atomic E-state index is 6.16. The molecule has 0 saturated carbocycles. The summed E-state index contributed by atoms with van der Waals surface area (Å²) in [6, 6.07) is 10.7. The van der Waals surface area contributed by atoms with Crippen molar-refractivity contribution in [1.29, 1.82) is 0 Å². The predicted molar refractivity (Wildman–Crippen MR) is 98.4 cm³/mol. The molecule has 2 aromatic heterocycles. The molecule has 6 nitrogen and oxygen atoms in total. The lowest BCUT2D eigenvalue weighted by Crippen LogP contribution is -2.06. The minimum Gasteiger partial charge on any atom is -0.393 e. The zero-order valence-corrected chi connectivity index (χ0v) is 14.2. The molecule has 0 aliphatic rings. The van der Waals surface area contributed by atoms with Crippen LogP contribution in [0.4, 0.5) is 28.8 Å². The summed E-state index contributed by atoms with van der Waals surface area (Å²) >= 11 is 12.1. The van der Waals surface area contributed by atoms with Gasteiger partial charge in [0.2, 0.25) is 0 Å². The van der Waals surface area contributed by atoms with Crippen LogP contribution in [0.25, 0.3) is 0 Å². The first-order valence-corrected chi connectivity index (χ1v) is 7.82. The highest BCUT2D eigenvalue weighted by atomic mass is 35.5. The molecule has 8 heteroatoms. The van der Waals surface area contributed by atoms with E-state index in [1.807, 2.05) is 25.1 Å². The molecule has 4 N–H and O–H groups in total. The van der Waals surface area contributed by atoms with Gasteiger partial charge in [-0.25, -0.2) is 15.0 Å². The molecule has 0 amide bonds. The van der Waals surface area contributed by atoms with E-state index in [0.29, 0.717) is 38.9 Å².